The number of hydrogen-bond acceptors (Lipinski definition) is 5. The van der Waals surface area contributed by atoms with Crippen molar-refractivity contribution in [1.29, 1.82) is 0 Å². The second-order valence-electron chi connectivity index (χ2n) is 5.16. The van der Waals surface area contributed by atoms with E-state index in [4.69, 9.17) is 4.74 Å². The summed E-state index contributed by atoms with van der Waals surface area (Å²) in [5, 5.41) is 12.2. The van der Waals surface area contributed by atoms with Crippen LogP contribution in [-0.2, 0) is 11.3 Å². The Kier molecular flexibility index (Phi) is 4.51. The third-order valence-corrected chi connectivity index (χ3v) is 3.58. The van der Waals surface area contributed by atoms with Gasteiger partial charge in [0.1, 0.15) is 12.3 Å². The van der Waals surface area contributed by atoms with Crippen LogP contribution >= 0.6 is 0 Å². The molecule has 3 rings (SSSR count). The van der Waals surface area contributed by atoms with Crippen molar-refractivity contribution in [3.05, 3.63) is 54.6 Å². The molecular weight excluding hydrogens is 306 g/mol. The van der Waals surface area contributed by atoms with Gasteiger partial charge >= 0.3 is 0 Å². The van der Waals surface area contributed by atoms with Crippen LogP contribution in [-0.4, -0.2) is 40.3 Å². The van der Waals surface area contributed by atoms with Crippen LogP contribution in [0.2, 0.25) is 0 Å². The van der Waals surface area contributed by atoms with E-state index in [2.05, 4.69) is 15.4 Å². The molecule has 0 aliphatic rings. The molecule has 0 fully saturated rings. The van der Waals surface area contributed by atoms with Gasteiger partial charge in [0.25, 0.3) is 0 Å². The van der Waals surface area contributed by atoms with Crippen LogP contribution in [0.25, 0.3) is 11.4 Å². The Morgan fingerprint density at radius 3 is 2.71 bits per heavy atom. The molecule has 1 heterocycles. The average molecular weight is 323 g/mol. The molecule has 0 saturated heterocycles. The van der Waals surface area contributed by atoms with Crippen molar-refractivity contribution in [3.63, 3.8) is 0 Å². The van der Waals surface area contributed by atoms with Crippen molar-refractivity contribution < 1.29 is 9.53 Å². The normalized spacial score (nSPS) is 10.4. The second kappa shape index (κ2) is 6.91. The van der Waals surface area contributed by atoms with E-state index in [1.165, 1.54) is 9.70 Å². The molecule has 0 aliphatic heterocycles. The Labute approximate surface area is 139 Å². The van der Waals surface area contributed by atoms with Gasteiger partial charge in [-0.1, -0.05) is 36.4 Å². The quantitative estimate of drug-likeness (QED) is 0.718. The van der Waals surface area contributed by atoms with Crippen LogP contribution in [0, 0.1) is 0 Å². The van der Waals surface area contributed by atoms with E-state index in [-0.39, 0.29) is 12.5 Å². The molecule has 7 nitrogen and oxygen atoms in total. The van der Waals surface area contributed by atoms with Crippen LogP contribution in [0.1, 0.15) is 0 Å². The van der Waals surface area contributed by atoms with Crippen molar-refractivity contribution >= 4 is 11.6 Å². The number of aromatic nitrogens is 4. The van der Waals surface area contributed by atoms with Gasteiger partial charge in [0, 0.05) is 24.4 Å². The minimum absolute atomic E-state index is 0.00748. The van der Waals surface area contributed by atoms with E-state index < -0.39 is 0 Å². The largest absolute Gasteiger partial charge is 0.497 e. The first-order chi connectivity index (χ1) is 11.7. The number of likely N-dealkylation sites (N-methyl/N-ethyl adjacent to an activating group) is 1. The number of tetrazole rings is 1. The van der Waals surface area contributed by atoms with E-state index in [0.29, 0.717) is 11.6 Å². The van der Waals surface area contributed by atoms with Gasteiger partial charge in [-0.15, -0.1) is 10.2 Å². The maximum atomic E-state index is 12.4. The summed E-state index contributed by atoms with van der Waals surface area (Å²) in [6.07, 6.45) is 0. The van der Waals surface area contributed by atoms with Crippen LogP contribution in [0.15, 0.2) is 54.6 Å². The lowest BCUT2D eigenvalue weighted by atomic mass is 10.2. The summed E-state index contributed by atoms with van der Waals surface area (Å²) in [5.41, 5.74) is 1.60. The zero-order chi connectivity index (χ0) is 16.9. The number of hydrogen-bond donors (Lipinski definition) is 0. The van der Waals surface area contributed by atoms with Crippen molar-refractivity contribution in [2.45, 2.75) is 6.54 Å². The molecule has 0 saturated carbocycles. The van der Waals surface area contributed by atoms with Crippen LogP contribution < -0.4 is 9.64 Å². The number of anilines is 1. The molecule has 7 heteroatoms. The van der Waals surface area contributed by atoms with E-state index >= 15 is 0 Å². The highest BCUT2D eigenvalue weighted by molar-refractivity contribution is 5.92. The zero-order valence-corrected chi connectivity index (χ0v) is 13.5. The molecule has 0 N–H and O–H groups in total. The fourth-order valence-corrected chi connectivity index (χ4v) is 2.20. The third-order valence-electron chi connectivity index (χ3n) is 3.58. The smallest absolute Gasteiger partial charge is 0.250 e. The molecule has 122 valence electrons. The molecular formula is C17H17N5O2. The Morgan fingerprint density at radius 2 is 1.96 bits per heavy atom. The molecule has 24 heavy (non-hydrogen) atoms. The van der Waals surface area contributed by atoms with Gasteiger partial charge in [-0.2, -0.15) is 4.80 Å². The number of nitrogens with zero attached hydrogens (tertiary/aromatic N) is 5. The predicted molar refractivity (Wildman–Crippen MR) is 89.7 cm³/mol. The van der Waals surface area contributed by atoms with Gasteiger partial charge in [0.15, 0.2) is 0 Å². The Hall–Kier alpha value is -3.22. The first kappa shape index (κ1) is 15.7. The predicted octanol–water partition coefficient (Wildman–Crippen LogP) is 2.01. The fourth-order valence-electron chi connectivity index (χ4n) is 2.20. The first-order valence-electron chi connectivity index (χ1n) is 7.41. The van der Waals surface area contributed by atoms with Gasteiger partial charge in [0.2, 0.25) is 11.7 Å². The van der Waals surface area contributed by atoms with Gasteiger partial charge in [-0.3, -0.25) is 4.79 Å². The lowest BCUT2D eigenvalue weighted by Crippen LogP contribution is -2.30. The molecule has 0 bridgehead atoms. The maximum Gasteiger partial charge on any atom is 0.250 e. The van der Waals surface area contributed by atoms with E-state index in [0.717, 1.165) is 11.3 Å². The van der Waals surface area contributed by atoms with Crippen LogP contribution in [0.5, 0.6) is 5.75 Å². The highest BCUT2D eigenvalue weighted by atomic mass is 16.5. The summed E-state index contributed by atoms with van der Waals surface area (Å²) in [6, 6.07) is 16.8. The lowest BCUT2D eigenvalue weighted by molar-refractivity contribution is -0.119. The summed E-state index contributed by atoms with van der Waals surface area (Å²) < 4.78 is 5.18. The zero-order valence-electron chi connectivity index (χ0n) is 13.5. The van der Waals surface area contributed by atoms with Crippen molar-refractivity contribution in [3.8, 4) is 17.1 Å². The summed E-state index contributed by atoms with van der Waals surface area (Å²) in [4.78, 5) is 15.2. The number of rotatable bonds is 5. The Morgan fingerprint density at radius 1 is 1.17 bits per heavy atom. The van der Waals surface area contributed by atoms with Crippen molar-refractivity contribution in [2.75, 3.05) is 19.1 Å². The summed E-state index contributed by atoms with van der Waals surface area (Å²) in [6.45, 7) is 0.00748. The maximum absolute atomic E-state index is 12.4. The van der Waals surface area contributed by atoms with Gasteiger partial charge in [0.05, 0.1) is 7.11 Å². The number of carbonyl (C=O) groups excluding carboxylic acids is 1. The first-order valence-corrected chi connectivity index (χ1v) is 7.41. The molecule has 2 aromatic carbocycles. The fraction of sp³-hybridized carbons (Fsp3) is 0.176. The molecule has 1 aromatic heterocycles. The average Bonchev–Trinajstić information content (AvgIpc) is 3.10. The second-order valence-corrected chi connectivity index (χ2v) is 5.16. The third kappa shape index (κ3) is 3.40. The topological polar surface area (TPSA) is 73.1 Å². The number of ether oxygens (including phenoxy) is 1. The minimum atomic E-state index is -0.153. The van der Waals surface area contributed by atoms with Crippen LogP contribution in [0.3, 0.4) is 0 Å². The van der Waals surface area contributed by atoms with E-state index in [1.807, 2.05) is 48.5 Å². The highest BCUT2D eigenvalue weighted by Crippen LogP contribution is 2.20. The summed E-state index contributed by atoms with van der Waals surface area (Å²) in [5.74, 6) is 1.03. The highest BCUT2D eigenvalue weighted by Gasteiger charge is 2.14. The number of benzene rings is 2. The van der Waals surface area contributed by atoms with E-state index in [1.54, 1.807) is 20.2 Å². The van der Waals surface area contributed by atoms with Gasteiger partial charge in [-0.25, -0.2) is 0 Å². The molecule has 0 unspecified atom stereocenters. The molecule has 0 radical (unpaired) electrons. The minimum Gasteiger partial charge on any atom is -0.497 e. The number of amides is 1. The number of methoxy groups -OCH3 is 1. The Bertz CT molecular complexity index is 832. The molecule has 3 aromatic rings. The van der Waals surface area contributed by atoms with Gasteiger partial charge < -0.3 is 9.64 Å². The van der Waals surface area contributed by atoms with Gasteiger partial charge in [-0.05, 0) is 17.3 Å². The summed E-state index contributed by atoms with van der Waals surface area (Å²) in [7, 11) is 3.29. The molecule has 0 atom stereocenters. The van der Waals surface area contributed by atoms with Crippen LogP contribution in [0.4, 0.5) is 5.69 Å². The monoisotopic (exact) mass is 323 g/mol. The van der Waals surface area contributed by atoms with Crippen molar-refractivity contribution in [2.24, 2.45) is 0 Å². The number of carbonyl (C=O) groups is 1. The molecule has 0 aliphatic carbocycles. The summed E-state index contributed by atoms with van der Waals surface area (Å²) >= 11 is 0. The lowest BCUT2D eigenvalue weighted by Gasteiger charge is -2.17. The van der Waals surface area contributed by atoms with Crippen molar-refractivity contribution in [1.82, 2.24) is 20.2 Å². The molecule has 0 spiro atoms. The Balaban J connectivity index is 1.71. The molecule has 1 amide bonds. The standard InChI is InChI=1S/C17H17N5O2/c1-21(14-9-6-10-15(11-14)24-2)16(23)12-22-19-17(18-20-22)13-7-4-3-5-8-13/h3-11H,12H2,1-2H3. The van der Waals surface area contributed by atoms with E-state index in [9.17, 15) is 4.79 Å². The SMILES string of the molecule is COc1cccc(N(C)C(=O)Cn2nnc(-c3ccccc3)n2)c1.